The molecule has 1 aromatic carbocycles. The third kappa shape index (κ3) is 1.54. The Kier molecular flexibility index (Phi) is 2.58. The SMILES string of the molecule is C=C(C)c1c(C)cc2[nH]ncc2c1C(C)C. The fourth-order valence-corrected chi connectivity index (χ4v) is 2.42. The van der Waals surface area contributed by atoms with Crippen molar-refractivity contribution >= 4 is 16.5 Å². The minimum absolute atomic E-state index is 0.478. The molecule has 0 radical (unpaired) electrons. The molecule has 0 aliphatic rings. The largest absolute Gasteiger partial charge is 0.278 e. The van der Waals surface area contributed by atoms with Crippen LogP contribution in [-0.4, -0.2) is 10.2 Å². The van der Waals surface area contributed by atoms with Crippen molar-refractivity contribution in [2.45, 2.75) is 33.6 Å². The summed E-state index contributed by atoms with van der Waals surface area (Å²) in [6.45, 7) is 12.7. The van der Waals surface area contributed by atoms with Crippen molar-refractivity contribution in [2.24, 2.45) is 0 Å². The molecule has 2 rings (SSSR count). The number of H-pyrrole nitrogens is 1. The maximum absolute atomic E-state index is 4.13. The van der Waals surface area contributed by atoms with E-state index in [9.17, 15) is 0 Å². The van der Waals surface area contributed by atoms with Gasteiger partial charge < -0.3 is 0 Å². The maximum Gasteiger partial charge on any atom is 0.0656 e. The molecule has 1 heterocycles. The van der Waals surface area contributed by atoms with Gasteiger partial charge in [0.15, 0.2) is 0 Å². The van der Waals surface area contributed by atoms with Gasteiger partial charge in [0.25, 0.3) is 0 Å². The lowest BCUT2D eigenvalue weighted by molar-refractivity contribution is 0.870. The molecule has 0 saturated heterocycles. The number of nitrogens with one attached hydrogen (secondary N) is 1. The van der Waals surface area contributed by atoms with Crippen molar-refractivity contribution in [3.63, 3.8) is 0 Å². The summed E-state index contributed by atoms with van der Waals surface area (Å²) in [5.74, 6) is 0.478. The van der Waals surface area contributed by atoms with Gasteiger partial charge in [0, 0.05) is 5.39 Å². The van der Waals surface area contributed by atoms with Gasteiger partial charge in [0.2, 0.25) is 0 Å². The molecule has 2 heteroatoms. The number of rotatable bonds is 2. The highest BCUT2D eigenvalue weighted by molar-refractivity contribution is 5.89. The van der Waals surface area contributed by atoms with Crippen molar-refractivity contribution in [2.75, 3.05) is 0 Å². The number of hydrogen-bond acceptors (Lipinski definition) is 1. The van der Waals surface area contributed by atoms with Gasteiger partial charge >= 0.3 is 0 Å². The van der Waals surface area contributed by atoms with Gasteiger partial charge in [-0.3, -0.25) is 5.10 Å². The Bertz CT molecular complexity index is 547. The molecule has 0 unspecified atom stereocenters. The number of aryl methyl sites for hydroxylation is 1. The normalized spacial score (nSPS) is 11.3. The predicted molar refractivity (Wildman–Crippen MR) is 69.6 cm³/mol. The molecule has 1 aromatic heterocycles. The molecule has 16 heavy (non-hydrogen) atoms. The first-order valence-electron chi connectivity index (χ1n) is 5.64. The smallest absolute Gasteiger partial charge is 0.0656 e. The predicted octanol–water partition coefficient (Wildman–Crippen LogP) is 4.03. The monoisotopic (exact) mass is 214 g/mol. The lowest BCUT2D eigenvalue weighted by atomic mass is 9.88. The number of aromatic amines is 1. The fourth-order valence-electron chi connectivity index (χ4n) is 2.42. The molecular weight excluding hydrogens is 196 g/mol. The molecule has 84 valence electrons. The van der Waals surface area contributed by atoms with E-state index in [1.807, 2.05) is 6.20 Å². The van der Waals surface area contributed by atoms with Gasteiger partial charge in [-0.25, -0.2) is 0 Å². The van der Waals surface area contributed by atoms with Crippen LogP contribution in [0.2, 0.25) is 0 Å². The van der Waals surface area contributed by atoms with Crippen LogP contribution in [-0.2, 0) is 0 Å². The summed E-state index contributed by atoms with van der Waals surface area (Å²) >= 11 is 0. The summed E-state index contributed by atoms with van der Waals surface area (Å²) in [4.78, 5) is 0. The Hall–Kier alpha value is -1.57. The van der Waals surface area contributed by atoms with Crippen molar-refractivity contribution in [3.8, 4) is 0 Å². The quantitative estimate of drug-likeness (QED) is 0.803. The summed E-state index contributed by atoms with van der Waals surface area (Å²) in [7, 11) is 0. The van der Waals surface area contributed by atoms with E-state index in [1.165, 1.54) is 22.1 Å². The number of nitrogens with zero attached hydrogens (tertiary/aromatic N) is 1. The highest BCUT2D eigenvalue weighted by Gasteiger charge is 2.15. The van der Waals surface area contributed by atoms with Gasteiger partial charge in [0.05, 0.1) is 11.7 Å². The van der Waals surface area contributed by atoms with Crippen LogP contribution in [0, 0.1) is 6.92 Å². The zero-order valence-corrected chi connectivity index (χ0v) is 10.4. The molecule has 0 bridgehead atoms. The number of hydrogen-bond donors (Lipinski definition) is 1. The molecule has 0 atom stereocenters. The summed E-state index contributed by atoms with van der Waals surface area (Å²) < 4.78 is 0. The van der Waals surface area contributed by atoms with E-state index >= 15 is 0 Å². The van der Waals surface area contributed by atoms with Crippen LogP contribution < -0.4 is 0 Å². The van der Waals surface area contributed by atoms with E-state index in [1.54, 1.807) is 0 Å². The van der Waals surface area contributed by atoms with Crippen LogP contribution in [0.25, 0.3) is 16.5 Å². The summed E-state index contributed by atoms with van der Waals surface area (Å²) in [6.07, 6.45) is 1.91. The van der Waals surface area contributed by atoms with Crippen LogP contribution in [0.5, 0.6) is 0 Å². The van der Waals surface area contributed by atoms with E-state index in [4.69, 9.17) is 0 Å². The zero-order valence-electron chi connectivity index (χ0n) is 10.4. The van der Waals surface area contributed by atoms with E-state index in [-0.39, 0.29) is 0 Å². The standard InChI is InChI=1S/C14H18N2/c1-8(2)13-10(5)6-12-11(7-15-16-12)14(13)9(3)4/h6-7,9H,1H2,2-5H3,(H,15,16). The molecule has 0 saturated carbocycles. The Morgan fingerprint density at radius 3 is 2.69 bits per heavy atom. The average Bonchev–Trinajstić information content (AvgIpc) is 2.61. The van der Waals surface area contributed by atoms with Crippen LogP contribution in [0.1, 0.15) is 43.4 Å². The van der Waals surface area contributed by atoms with E-state index in [0.717, 1.165) is 11.1 Å². The lowest BCUT2D eigenvalue weighted by Crippen LogP contribution is -1.98. The minimum Gasteiger partial charge on any atom is -0.278 e. The average molecular weight is 214 g/mol. The Morgan fingerprint density at radius 1 is 1.44 bits per heavy atom. The van der Waals surface area contributed by atoms with Crippen LogP contribution in [0.4, 0.5) is 0 Å². The highest BCUT2D eigenvalue weighted by atomic mass is 15.1. The van der Waals surface area contributed by atoms with Crippen molar-refractivity contribution < 1.29 is 0 Å². The molecule has 0 amide bonds. The second kappa shape index (κ2) is 3.78. The highest BCUT2D eigenvalue weighted by Crippen LogP contribution is 2.33. The Labute approximate surface area is 96.4 Å². The fraction of sp³-hybridized carbons (Fsp3) is 0.357. The lowest BCUT2D eigenvalue weighted by Gasteiger charge is -2.16. The molecule has 2 aromatic rings. The van der Waals surface area contributed by atoms with Crippen LogP contribution in [0.3, 0.4) is 0 Å². The van der Waals surface area contributed by atoms with Crippen molar-refractivity contribution in [3.05, 3.63) is 35.5 Å². The number of fused-ring (bicyclic) bond motifs is 1. The zero-order chi connectivity index (χ0) is 11.9. The molecular formula is C14H18N2. The second-order valence-electron chi connectivity index (χ2n) is 4.75. The third-order valence-electron chi connectivity index (χ3n) is 2.99. The van der Waals surface area contributed by atoms with Crippen molar-refractivity contribution in [1.29, 1.82) is 0 Å². The van der Waals surface area contributed by atoms with Gasteiger partial charge in [-0.15, -0.1) is 0 Å². The van der Waals surface area contributed by atoms with E-state index < -0.39 is 0 Å². The molecule has 1 N–H and O–H groups in total. The van der Waals surface area contributed by atoms with Gasteiger partial charge in [-0.05, 0) is 42.5 Å². The number of aromatic nitrogens is 2. The summed E-state index contributed by atoms with van der Waals surface area (Å²) in [5.41, 5.74) is 6.17. The Morgan fingerprint density at radius 2 is 2.12 bits per heavy atom. The molecule has 0 fully saturated rings. The third-order valence-corrected chi connectivity index (χ3v) is 2.99. The molecule has 2 nitrogen and oxygen atoms in total. The van der Waals surface area contributed by atoms with Gasteiger partial charge in [0.1, 0.15) is 0 Å². The molecule has 0 spiro atoms. The summed E-state index contributed by atoms with van der Waals surface area (Å²) in [6, 6.07) is 2.15. The first-order valence-corrected chi connectivity index (χ1v) is 5.64. The Balaban J connectivity index is 2.90. The second-order valence-corrected chi connectivity index (χ2v) is 4.75. The number of allylic oxidation sites excluding steroid dienone is 1. The minimum atomic E-state index is 0.478. The van der Waals surface area contributed by atoms with Gasteiger partial charge in [-0.2, -0.15) is 5.10 Å². The first kappa shape index (κ1) is 10.9. The van der Waals surface area contributed by atoms with Crippen LogP contribution >= 0.6 is 0 Å². The summed E-state index contributed by atoms with van der Waals surface area (Å²) in [5, 5.41) is 8.39. The van der Waals surface area contributed by atoms with E-state index in [2.05, 4.69) is 50.5 Å². The number of benzene rings is 1. The maximum atomic E-state index is 4.13. The first-order chi connectivity index (χ1) is 7.52. The van der Waals surface area contributed by atoms with Crippen molar-refractivity contribution in [1.82, 2.24) is 10.2 Å². The van der Waals surface area contributed by atoms with Crippen LogP contribution in [0.15, 0.2) is 18.8 Å². The van der Waals surface area contributed by atoms with Gasteiger partial charge in [-0.1, -0.05) is 26.0 Å². The molecule has 0 aliphatic heterocycles. The van der Waals surface area contributed by atoms with E-state index in [0.29, 0.717) is 5.92 Å². The topological polar surface area (TPSA) is 28.7 Å². The molecule has 0 aliphatic carbocycles.